The summed E-state index contributed by atoms with van der Waals surface area (Å²) >= 11 is 1.16. The number of benzene rings is 2. The Balaban J connectivity index is 1.86. The number of nitrogens with one attached hydrogen (secondary N) is 1. The van der Waals surface area contributed by atoms with Crippen molar-refractivity contribution in [2.24, 2.45) is 0 Å². The van der Waals surface area contributed by atoms with Crippen LogP contribution in [0.2, 0.25) is 0 Å². The van der Waals surface area contributed by atoms with Gasteiger partial charge in [-0.2, -0.15) is 0 Å². The molecule has 2 heterocycles. The predicted octanol–water partition coefficient (Wildman–Crippen LogP) is 3.00. The molecule has 0 aliphatic carbocycles. The summed E-state index contributed by atoms with van der Waals surface area (Å²) in [6.45, 7) is 1.74. The summed E-state index contributed by atoms with van der Waals surface area (Å²) in [5.41, 5.74) is 0.983. The van der Waals surface area contributed by atoms with Gasteiger partial charge in [-0.15, -0.1) is 10.2 Å². The Morgan fingerprint density at radius 3 is 2.45 bits per heavy atom. The van der Waals surface area contributed by atoms with Crippen LogP contribution in [0.15, 0.2) is 59.9 Å². The normalized spacial score (nSPS) is 15.7. The van der Waals surface area contributed by atoms with Crippen LogP contribution in [0.25, 0.3) is 0 Å². The van der Waals surface area contributed by atoms with Crippen molar-refractivity contribution in [2.75, 3.05) is 19.1 Å². The molecule has 1 aliphatic rings. The SMILES string of the molecule is CNC(=O)c1cccc(C2C(C(=O)c3ccc(OC)cc3)=C(O)C(=O)N2c2nnc(C)s2)c1. The molecule has 0 spiro atoms. The van der Waals surface area contributed by atoms with Crippen LogP contribution < -0.4 is 15.0 Å². The fourth-order valence-electron chi connectivity index (χ4n) is 3.63. The highest BCUT2D eigenvalue weighted by Gasteiger charge is 2.46. The van der Waals surface area contributed by atoms with E-state index in [1.165, 1.54) is 19.1 Å². The van der Waals surface area contributed by atoms with E-state index in [1.807, 2.05) is 0 Å². The second kappa shape index (κ2) is 8.83. The van der Waals surface area contributed by atoms with Crippen LogP contribution in [0, 0.1) is 6.92 Å². The third-order valence-electron chi connectivity index (χ3n) is 5.22. The monoisotopic (exact) mass is 464 g/mol. The van der Waals surface area contributed by atoms with Gasteiger partial charge in [0.2, 0.25) is 5.13 Å². The number of carbonyl (C=O) groups excluding carboxylic acids is 3. The van der Waals surface area contributed by atoms with Crippen LogP contribution in [0.5, 0.6) is 5.75 Å². The number of anilines is 1. The van der Waals surface area contributed by atoms with Gasteiger partial charge >= 0.3 is 0 Å². The van der Waals surface area contributed by atoms with E-state index in [9.17, 15) is 19.5 Å². The van der Waals surface area contributed by atoms with Gasteiger partial charge in [0, 0.05) is 18.2 Å². The van der Waals surface area contributed by atoms with Crippen molar-refractivity contribution in [2.45, 2.75) is 13.0 Å². The van der Waals surface area contributed by atoms with Gasteiger partial charge in [-0.25, -0.2) is 0 Å². The third-order valence-corrected chi connectivity index (χ3v) is 6.06. The molecule has 0 saturated heterocycles. The number of nitrogens with zero attached hydrogens (tertiary/aromatic N) is 3. The van der Waals surface area contributed by atoms with Gasteiger partial charge in [0.05, 0.1) is 18.7 Å². The van der Waals surface area contributed by atoms with E-state index in [2.05, 4.69) is 15.5 Å². The van der Waals surface area contributed by atoms with Gasteiger partial charge in [0.25, 0.3) is 11.8 Å². The number of aromatic nitrogens is 2. The molecule has 1 unspecified atom stereocenters. The Labute approximate surface area is 193 Å². The van der Waals surface area contributed by atoms with E-state index in [4.69, 9.17) is 4.74 Å². The summed E-state index contributed by atoms with van der Waals surface area (Å²) in [5.74, 6) is -1.72. The van der Waals surface area contributed by atoms with Crippen molar-refractivity contribution >= 4 is 34.1 Å². The average Bonchev–Trinajstić information content (AvgIpc) is 3.38. The standard InChI is InChI=1S/C23H20N4O5S/c1-12-25-26-23(33-12)27-18(14-5-4-6-15(11-14)21(30)24-2)17(20(29)22(27)31)19(28)13-7-9-16(32-3)10-8-13/h4-11,18,29H,1-3H3,(H,24,30). The largest absolute Gasteiger partial charge is 0.503 e. The Hall–Kier alpha value is -4.05. The molecule has 168 valence electrons. The van der Waals surface area contributed by atoms with E-state index in [0.29, 0.717) is 21.9 Å². The number of rotatable bonds is 6. The van der Waals surface area contributed by atoms with Gasteiger partial charge in [-0.3, -0.25) is 19.3 Å². The second-order valence-corrected chi connectivity index (χ2v) is 8.37. The Morgan fingerprint density at radius 1 is 1.12 bits per heavy atom. The molecule has 0 radical (unpaired) electrons. The Bertz CT molecular complexity index is 1280. The second-order valence-electron chi connectivity index (χ2n) is 7.21. The molecule has 2 amide bonds. The highest BCUT2D eigenvalue weighted by atomic mass is 32.1. The van der Waals surface area contributed by atoms with Crippen molar-refractivity contribution < 1.29 is 24.2 Å². The van der Waals surface area contributed by atoms with Crippen molar-refractivity contribution in [3.8, 4) is 5.75 Å². The number of amides is 2. The maximum Gasteiger partial charge on any atom is 0.296 e. The van der Waals surface area contributed by atoms with Gasteiger partial charge in [0.1, 0.15) is 10.8 Å². The first-order valence-electron chi connectivity index (χ1n) is 9.93. The van der Waals surface area contributed by atoms with Gasteiger partial charge in [-0.05, 0) is 48.9 Å². The summed E-state index contributed by atoms with van der Waals surface area (Å²) in [4.78, 5) is 40.1. The van der Waals surface area contributed by atoms with E-state index in [-0.39, 0.29) is 22.2 Å². The lowest BCUT2D eigenvalue weighted by Gasteiger charge is -2.24. The van der Waals surface area contributed by atoms with E-state index < -0.39 is 23.5 Å². The zero-order valence-corrected chi connectivity index (χ0v) is 18.8. The zero-order valence-electron chi connectivity index (χ0n) is 18.0. The maximum absolute atomic E-state index is 13.5. The van der Waals surface area contributed by atoms with E-state index in [1.54, 1.807) is 55.5 Å². The molecular weight excluding hydrogens is 444 g/mol. The molecule has 0 bridgehead atoms. The molecule has 1 atom stereocenters. The summed E-state index contributed by atoms with van der Waals surface area (Å²) in [6, 6.07) is 11.9. The first-order valence-corrected chi connectivity index (χ1v) is 10.7. The quantitative estimate of drug-likeness (QED) is 0.538. The van der Waals surface area contributed by atoms with Gasteiger partial charge < -0.3 is 15.2 Å². The van der Waals surface area contributed by atoms with Crippen LogP contribution in [0.1, 0.15) is 37.3 Å². The molecular formula is C23H20N4O5S. The molecule has 1 aliphatic heterocycles. The number of Topliss-reactive ketones (excluding diaryl/α,β-unsaturated/α-hetero) is 1. The predicted molar refractivity (Wildman–Crippen MR) is 122 cm³/mol. The molecule has 1 aromatic heterocycles. The van der Waals surface area contributed by atoms with Crippen molar-refractivity contribution in [3.05, 3.63) is 81.6 Å². The van der Waals surface area contributed by atoms with Crippen LogP contribution in [0.3, 0.4) is 0 Å². The lowest BCUT2D eigenvalue weighted by atomic mass is 9.92. The summed E-state index contributed by atoms with van der Waals surface area (Å²) in [7, 11) is 3.02. The number of aliphatic hydroxyl groups excluding tert-OH is 1. The molecule has 3 aromatic rings. The molecule has 2 aromatic carbocycles. The number of methoxy groups -OCH3 is 1. The Kier molecular flexibility index (Phi) is 5.93. The van der Waals surface area contributed by atoms with Crippen molar-refractivity contribution in [1.29, 1.82) is 0 Å². The fourth-order valence-corrected chi connectivity index (χ4v) is 4.34. The number of hydrogen-bond donors (Lipinski definition) is 2. The van der Waals surface area contributed by atoms with E-state index in [0.717, 1.165) is 11.3 Å². The van der Waals surface area contributed by atoms with E-state index >= 15 is 0 Å². The number of hydrogen-bond acceptors (Lipinski definition) is 8. The minimum Gasteiger partial charge on any atom is -0.503 e. The molecule has 2 N–H and O–H groups in total. The molecule has 0 saturated carbocycles. The molecule has 0 fully saturated rings. The summed E-state index contributed by atoms with van der Waals surface area (Å²) in [6.07, 6.45) is 0. The lowest BCUT2D eigenvalue weighted by Crippen LogP contribution is -2.31. The maximum atomic E-state index is 13.5. The average molecular weight is 465 g/mol. The minimum absolute atomic E-state index is 0.105. The molecule has 4 rings (SSSR count). The van der Waals surface area contributed by atoms with Crippen molar-refractivity contribution in [3.63, 3.8) is 0 Å². The Morgan fingerprint density at radius 2 is 1.85 bits per heavy atom. The number of carbonyl (C=O) groups is 3. The van der Waals surface area contributed by atoms with Crippen LogP contribution in [-0.4, -0.2) is 47.1 Å². The van der Waals surface area contributed by atoms with Gasteiger partial charge in [-0.1, -0.05) is 23.5 Å². The first-order chi connectivity index (χ1) is 15.8. The number of ketones is 1. The first kappa shape index (κ1) is 22.2. The molecule has 33 heavy (non-hydrogen) atoms. The highest BCUT2D eigenvalue weighted by molar-refractivity contribution is 7.15. The highest BCUT2D eigenvalue weighted by Crippen LogP contribution is 2.43. The topological polar surface area (TPSA) is 122 Å². The number of aliphatic hydroxyl groups is 1. The summed E-state index contributed by atoms with van der Waals surface area (Å²) < 4.78 is 5.14. The number of ether oxygens (including phenoxy) is 1. The molecule has 10 heteroatoms. The van der Waals surface area contributed by atoms with Crippen LogP contribution in [-0.2, 0) is 4.79 Å². The lowest BCUT2D eigenvalue weighted by molar-refractivity contribution is -0.117. The van der Waals surface area contributed by atoms with Crippen LogP contribution in [0.4, 0.5) is 5.13 Å². The fraction of sp³-hybridized carbons (Fsp3) is 0.174. The summed E-state index contributed by atoms with van der Waals surface area (Å²) in [5, 5.41) is 22.2. The smallest absolute Gasteiger partial charge is 0.296 e. The third kappa shape index (κ3) is 3.96. The van der Waals surface area contributed by atoms with Crippen LogP contribution >= 0.6 is 11.3 Å². The minimum atomic E-state index is -0.996. The van der Waals surface area contributed by atoms with Gasteiger partial charge in [0.15, 0.2) is 11.5 Å². The van der Waals surface area contributed by atoms with Crippen molar-refractivity contribution in [1.82, 2.24) is 15.5 Å². The zero-order chi connectivity index (χ0) is 23.7. The molecule has 9 nitrogen and oxygen atoms in total. The number of aryl methyl sites for hydroxylation is 1.